The Kier molecular flexibility index (Phi) is 4.41. The van der Waals surface area contributed by atoms with Crippen molar-refractivity contribution in [1.29, 1.82) is 0 Å². The van der Waals surface area contributed by atoms with Gasteiger partial charge in [0, 0.05) is 17.0 Å². The molecule has 1 saturated heterocycles. The van der Waals surface area contributed by atoms with Crippen LogP contribution in [0.2, 0.25) is 5.02 Å². The number of piperidine rings is 1. The zero-order chi connectivity index (χ0) is 14.7. The second-order valence-corrected chi connectivity index (χ2v) is 5.80. The lowest BCUT2D eigenvalue weighted by Crippen LogP contribution is -2.34. The van der Waals surface area contributed by atoms with Crippen LogP contribution in [0.3, 0.4) is 0 Å². The summed E-state index contributed by atoms with van der Waals surface area (Å²) in [5.74, 6) is 2.38. The first-order valence-corrected chi connectivity index (χ1v) is 7.53. The highest BCUT2D eigenvalue weighted by molar-refractivity contribution is 6.30. The van der Waals surface area contributed by atoms with Crippen molar-refractivity contribution in [2.24, 2.45) is 0 Å². The van der Waals surface area contributed by atoms with Crippen LogP contribution in [-0.4, -0.2) is 22.7 Å². The molecular weight excluding hydrogens is 290 g/mol. The van der Waals surface area contributed by atoms with E-state index in [0.717, 1.165) is 31.0 Å². The van der Waals surface area contributed by atoms with Gasteiger partial charge in [0.2, 0.25) is 11.7 Å². The summed E-state index contributed by atoms with van der Waals surface area (Å²) in [6.45, 7) is 3.46. The van der Waals surface area contributed by atoms with Crippen LogP contribution < -0.4 is 10.1 Å². The van der Waals surface area contributed by atoms with Gasteiger partial charge in [-0.2, -0.15) is 4.98 Å². The Balaban J connectivity index is 1.58. The second kappa shape index (κ2) is 6.45. The maximum atomic E-state index is 5.83. The van der Waals surface area contributed by atoms with Crippen LogP contribution in [0, 0.1) is 0 Å². The summed E-state index contributed by atoms with van der Waals surface area (Å²) in [5, 5.41) is 8.09. The standard InChI is InChI=1S/C15H18ClN3O2/c1-10-8-11(6-7-17-10)15-18-14(19-21-15)9-20-13-4-2-12(16)3-5-13/h2-5,10-11,17H,6-9H2,1H3/t10-,11-/m1/s1. The lowest BCUT2D eigenvalue weighted by atomic mass is 9.93. The van der Waals surface area contributed by atoms with Crippen LogP contribution in [0.15, 0.2) is 28.8 Å². The van der Waals surface area contributed by atoms with E-state index in [4.69, 9.17) is 20.9 Å². The predicted octanol–water partition coefficient (Wildman–Crippen LogP) is 3.16. The number of nitrogens with one attached hydrogen (secondary N) is 1. The molecule has 2 heterocycles. The normalized spacial score (nSPS) is 22.2. The van der Waals surface area contributed by atoms with E-state index in [1.165, 1.54) is 0 Å². The highest BCUT2D eigenvalue weighted by Crippen LogP contribution is 2.26. The molecule has 0 unspecified atom stereocenters. The summed E-state index contributed by atoms with van der Waals surface area (Å²) >= 11 is 5.83. The number of nitrogens with zero attached hydrogens (tertiary/aromatic N) is 2. The molecule has 1 aliphatic heterocycles. The third kappa shape index (κ3) is 3.74. The Bertz CT molecular complexity index is 585. The molecule has 1 aromatic heterocycles. The van der Waals surface area contributed by atoms with Crippen molar-refractivity contribution in [3.63, 3.8) is 0 Å². The molecule has 6 heteroatoms. The summed E-state index contributed by atoms with van der Waals surface area (Å²) in [6.07, 6.45) is 2.06. The van der Waals surface area contributed by atoms with Crippen LogP contribution in [0.5, 0.6) is 5.75 Å². The van der Waals surface area contributed by atoms with Crippen molar-refractivity contribution in [2.45, 2.75) is 38.3 Å². The molecule has 5 nitrogen and oxygen atoms in total. The van der Waals surface area contributed by atoms with Gasteiger partial charge < -0.3 is 14.6 Å². The molecule has 0 radical (unpaired) electrons. The minimum atomic E-state index is 0.297. The molecule has 0 saturated carbocycles. The van der Waals surface area contributed by atoms with E-state index < -0.39 is 0 Å². The average molecular weight is 308 g/mol. The van der Waals surface area contributed by atoms with Gasteiger partial charge in [-0.1, -0.05) is 16.8 Å². The minimum absolute atomic E-state index is 0.297. The van der Waals surface area contributed by atoms with Gasteiger partial charge in [-0.25, -0.2) is 0 Å². The molecule has 1 N–H and O–H groups in total. The van der Waals surface area contributed by atoms with Gasteiger partial charge in [0.15, 0.2) is 6.61 Å². The van der Waals surface area contributed by atoms with Crippen molar-refractivity contribution in [2.75, 3.05) is 6.54 Å². The van der Waals surface area contributed by atoms with E-state index in [2.05, 4.69) is 22.4 Å². The Morgan fingerprint density at radius 3 is 2.95 bits per heavy atom. The van der Waals surface area contributed by atoms with Gasteiger partial charge in [0.25, 0.3) is 0 Å². The number of aromatic nitrogens is 2. The Morgan fingerprint density at radius 1 is 1.38 bits per heavy atom. The number of benzene rings is 1. The summed E-state index contributed by atoms with van der Waals surface area (Å²) in [4.78, 5) is 4.44. The van der Waals surface area contributed by atoms with E-state index >= 15 is 0 Å². The first-order valence-electron chi connectivity index (χ1n) is 7.15. The van der Waals surface area contributed by atoms with Crippen LogP contribution in [0.4, 0.5) is 0 Å². The van der Waals surface area contributed by atoms with Crippen molar-refractivity contribution >= 4 is 11.6 Å². The van der Waals surface area contributed by atoms with Gasteiger partial charge in [-0.3, -0.25) is 0 Å². The molecule has 2 aromatic rings. The van der Waals surface area contributed by atoms with E-state index in [9.17, 15) is 0 Å². The second-order valence-electron chi connectivity index (χ2n) is 5.37. The highest BCUT2D eigenvalue weighted by Gasteiger charge is 2.24. The Morgan fingerprint density at radius 2 is 2.19 bits per heavy atom. The predicted molar refractivity (Wildman–Crippen MR) is 79.5 cm³/mol. The lowest BCUT2D eigenvalue weighted by Gasteiger charge is -2.25. The molecule has 0 bridgehead atoms. The fourth-order valence-corrected chi connectivity index (χ4v) is 2.65. The Hall–Kier alpha value is -1.59. The van der Waals surface area contributed by atoms with Crippen molar-refractivity contribution in [1.82, 2.24) is 15.5 Å². The topological polar surface area (TPSA) is 60.2 Å². The first-order chi connectivity index (χ1) is 10.2. The zero-order valence-corrected chi connectivity index (χ0v) is 12.6. The highest BCUT2D eigenvalue weighted by atomic mass is 35.5. The summed E-state index contributed by atoms with van der Waals surface area (Å²) in [7, 11) is 0. The number of halogens is 1. The summed E-state index contributed by atoms with van der Waals surface area (Å²) in [5.41, 5.74) is 0. The summed E-state index contributed by atoms with van der Waals surface area (Å²) in [6, 6.07) is 7.70. The molecule has 0 aliphatic carbocycles. The molecule has 1 fully saturated rings. The van der Waals surface area contributed by atoms with Crippen LogP contribution >= 0.6 is 11.6 Å². The number of rotatable bonds is 4. The van der Waals surface area contributed by atoms with Crippen LogP contribution in [0.25, 0.3) is 0 Å². The number of hydrogen-bond acceptors (Lipinski definition) is 5. The van der Waals surface area contributed by atoms with Crippen LogP contribution in [-0.2, 0) is 6.61 Å². The van der Waals surface area contributed by atoms with E-state index in [-0.39, 0.29) is 0 Å². The molecule has 2 atom stereocenters. The molecule has 21 heavy (non-hydrogen) atoms. The summed E-state index contributed by atoms with van der Waals surface area (Å²) < 4.78 is 11.0. The fourth-order valence-electron chi connectivity index (χ4n) is 2.53. The fraction of sp³-hybridized carbons (Fsp3) is 0.467. The molecule has 1 aliphatic rings. The van der Waals surface area contributed by atoms with Gasteiger partial charge in [0.1, 0.15) is 5.75 Å². The van der Waals surface area contributed by atoms with E-state index in [1.54, 1.807) is 12.1 Å². The largest absolute Gasteiger partial charge is 0.485 e. The minimum Gasteiger partial charge on any atom is -0.485 e. The Labute approximate surface area is 128 Å². The molecule has 0 amide bonds. The maximum absolute atomic E-state index is 5.83. The maximum Gasteiger partial charge on any atom is 0.229 e. The SMILES string of the molecule is C[C@@H]1C[C@H](c2nc(COc3ccc(Cl)cc3)no2)CCN1. The van der Waals surface area contributed by atoms with E-state index in [1.807, 2.05) is 12.1 Å². The molecule has 112 valence electrons. The van der Waals surface area contributed by atoms with Gasteiger partial charge in [-0.15, -0.1) is 0 Å². The number of ether oxygens (including phenoxy) is 1. The van der Waals surface area contributed by atoms with E-state index in [0.29, 0.717) is 29.4 Å². The average Bonchev–Trinajstić information content (AvgIpc) is 2.96. The van der Waals surface area contributed by atoms with Crippen LogP contribution in [0.1, 0.15) is 37.4 Å². The quantitative estimate of drug-likeness (QED) is 0.940. The molecule has 0 spiro atoms. The lowest BCUT2D eigenvalue weighted by molar-refractivity contribution is 0.276. The number of hydrogen-bond donors (Lipinski definition) is 1. The monoisotopic (exact) mass is 307 g/mol. The van der Waals surface area contributed by atoms with Gasteiger partial charge in [0.05, 0.1) is 0 Å². The third-order valence-corrected chi connectivity index (χ3v) is 3.89. The molecule has 3 rings (SSSR count). The van der Waals surface area contributed by atoms with Crippen molar-refractivity contribution < 1.29 is 9.26 Å². The zero-order valence-electron chi connectivity index (χ0n) is 11.9. The molecular formula is C15H18ClN3O2. The molecule has 1 aromatic carbocycles. The third-order valence-electron chi connectivity index (χ3n) is 3.64. The van der Waals surface area contributed by atoms with Crippen molar-refractivity contribution in [3.8, 4) is 5.75 Å². The smallest absolute Gasteiger partial charge is 0.229 e. The van der Waals surface area contributed by atoms with Crippen molar-refractivity contribution in [3.05, 3.63) is 41.0 Å². The van der Waals surface area contributed by atoms with Gasteiger partial charge >= 0.3 is 0 Å². The first kappa shape index (κ1) is 14.4. The van der Waals surface area contributed by atoms with Gasteiger partial charge in [-0.05, 0) is 50.6 Å².